The van der Waals surface area contributed by atoms with Gasteiger partial charge in [0, 0.05) is 10.7 Å². The van der Waals surface area contributed by atoms with Gasteiger partial charge in [-0.25, -0.2) is 0 Å². The van der Waals surface area contributed by atoms with Crippen LogP contribution in [-0.4, -0.2) is 0 Å². The van der Waals surface area contributed by atoms with Crippen molar-refractivity contribution in [3.05, 3.63) is 17.9 Å². The number of hydrogen-bond acceptors (Lipinski definition) is 0. The molecular weight excluding hydrogens is 723 g/mol. The second-order valence-corrected chi connectivity index (χ2v) is 7.29. The van der Waals surface area contributed by atoms with E-state index >= 15 is 0 Å². The lowest BCUT2D eigenvalue weighted by molar-refractivity contribution is 0.347. The summed E-state index contributed by atoms with van der Waals surface area (Å²) in [4.78, 5) is 0. The van der Waals surface area contributed by atoms with Gasteiger partial charge in [0.2, 0.25) is 5.75 Å². The van der Waals surface area contributed by atoms with Gasteiger partial charge in [0.1, 0.15) is 0 Å². The van der Waals surface area contributed by atoms with Crippen LogP contribution in [0, 0.1) is 17.9 Å². The Morgan fingerprint density at radius 3 is 1.17 bits per heavy atom. The van der Waals surface area contributed by atoms with Crippen LogP contribution in [-0.2, 0) is 5.11 Å². The number of halogens is 5. The monoisotopic (exact) mass is 723 g/mol. The maximum absolute atomic E-state index is 11.5. The van der Waals surface area contributed by atoms with E-state index in [0.717, 1.165) is 14.3 Å². The highest BCUT2D eigenvalue weighted by Gasteiger charge is 2.17. The smallest absolute Gasteiger partial charge is 0.207 e. The van der Waals surface area contributed by atoms with Gasteiger partial charge in [-0.3, -0.25) is 5.11 Å². The Morgan fingerprint density at radius 1 is 0.583 bits per heavy atom. The van der Waals surface area contributed by atoms with Crippen LogP contribution in [0.5, 0.6) is 5.75 Å². The summed E-state index contributed by atoms with van der Waals surface area (Å²) < 4.78 is 5.00. The summed E-state index contributed by atoms with van der Waals surface area (Å²) in [6.07, 6.45) is 0. The van der Waals surface area contributed by atoms with Gasteiger partial charge >= 0.3 is 0 Å². The molecule has 0 aliphatic carbocycles. The Labute approximate surface area is 139 Å². The van der Waals surface area contributed by atoms with E-state index in [-0.39, 0.29) is 5.75 Å². The Kier molecular flexibility index (Phi) is 5.45. The summed E-state index contributed by atoms with van der Waals surface area (Å²) in [7, 11) is 0. The normalized spacial score (nSPS) is 10.4. The average Bonchev–Trinajstić information content (AvgIpc) is 2.08. The topological polar surface area (TPSA) is 19.9 Å². The Hall–Kier alpha value is 2.67. The van der Waals surface area contributed by atoms with Crippen LogP contribution in [0.25, 0.3) is 0 Å². The Balaban J connectivity index is 3.60. The molecule has 0 bridgehead atoms. The first kappa shape index (κ1) is 12.7. The van der Waals surface area contributed by atoms with E-state index in [1.165, 1.54) is 3.57 Å². The van der Waals surface area contributed by atoms with Gasteiger partial charge < -0.3 is 0 Å². The van der Waals surface area contributed by atoms with E-state index in [9.17, 15) is 5.11 Å². The van der Waals surface area contributed by atoms with Crippen LogP contribution in [0.1, 0.15) is 0 Å². The minimum absolute atomic E-state index is 0.158. The molecule has 0 saturated heterocycles. The molecule has 65 valence electrons. The first-order valence-corrected chi connectivity index (χ1v) is 8.04. The zero-order valence-corrected chi connectivity index (χ0v) is 16.1. The molecule has 1 nitrogen and oxygen atoms in total. The number of rotatable bonds is 0. The molecule has 0 amide bonds. The van der Waals surface area contributed by atoms with Gasteiger partial charge in [-0.2, -0.15) is 0 Å². The highest BCUT2D eigenvalue weighted by atomic mass is 127. The zero-order valence-electron chi connectivity index (χ0n) is 5.30. The van der Waals surface area contributed by atoms with Crippen LogP contribution in [0.2, 0.25) is 0 Å². The van der Waals surface area contributed by atoms with Crippen LogP contribution in [0.4, 0.5) is 0 Å². The molecule has 0 heterocycles. The van der Waals surface area contributed by atoms with Crippen molar-refractivity contribution in [3.8, 4) is 5.75 Å². The van der Waals surface area contributed by atoms with Gasteiger partial charge in [-0.1, -0.05) is 0 Å². The molecule has 0 saturated carbocycles. The standard InChI is InChI=1S/C6I5O/c7-1-2(8)4(10)6(12)5(11)3(1)9. The highest BCUT2D eigenvalue weighted by molar-refractivity contribution is 14.1. The SMILES string of the molecule is [O]c1c(I)c(I)c(I)c(I)c1I. The van der Waals surface area contributed by atoms with Crippen LogP contribution in [0.3, 0.4) is 0 Å². The maximum atomic E-state index is 11.5. The van der Waals surface area contributed by atoms with E-state index in [2.05, 4.69) is 113 Å². The van der Waals surface area contributed by atoms with Gasteiger partial charge in [-0.05, 0) is 113 Å². The van der Waals surface area contributed by atoms with E-state index < -0.39 is 0 Å². The Bertz CT molecular complexity index is 230. The first-order chi connectivity index (χ1) is 5.46. The van der Waals surface area contributed by atoms with Crippen molar-refractivity contribution in [1.29, 1.82) is 0 Å². The molecule has 0 atom stereocenters. The fourth-order valence-electron chi connectivity index (χ4n) is 0.585. The van der Waals surface area contributed by atoms with Gasteiger partial charge in [0.25, 0.3) is 0 Å². The van der Waals surface area contributed by atoms with Crippen molar-refractivity contribution in [1.82, 2.24) is 0 Å². The summed E-state index contributed by atoms with van der Waals surface area (Å²) in [6.45, 7) is 0. The number of benzene rings is 1. The second-order valence-electron chi connectivity index (χ2n) is 1.90. The van der Waals surface area contributed by atoms with Crippen molar-refractivity contribution in [2.24, 2.45) is 0 Å². The zero-order chi connectivity index (χ0) is 9.46. The minimum atomic E-state index is 0.158. The molecule has 0 N–H and O–H groups in total. The maximum Gasteiger partial charge on any atom is 0.207 e. The summed E-state index contributed by atoms with van der Waals surface area (Å²) >= 11 is 10.9. The molecule has 12 heavy (non-hydrogen) atoms. The largest absolute Gasteiger partial charge is 0.287 e. The summed E-state index contributed by atoms with van der Waals surface area (Å²) in [5.41, 5.74) is 0. The summed E-state index contributed by atoms with van der Waals surface area (Å²) in [5.74, 6) is 0.158. The van der Waals surface area contributed by atoms with Gasteiger partial charge in [0.05, 0.1) is 7.14 Å². The molecule has 1 rings (SSSR count). The third kappa shape index (κ3) is 2.43. The van der Waals surface area contributed by atoms with E-state index in [1.807, 2.05) is 0 Å². The van der Waals surface area contributed by atoms with Crippen LogP contribution < -0.4 is 0 Å². The number of hydrogen-bond donors (Lipinski definition) is 0. The van der Waals surface area contributed by atoms with Crippen LogP contribution >= 0.6 is 113 Å². The quantitative estimate of drug-likeness (QED) is 0.208. The van der Waals surface area contributed by atoms with Gasteiger partial charge in [0.15, 0.2) is 0 Å². The lowest BCUT2D eigenvalue weighted by Crippen LogP contribution is -1.94. The fraction of sp³-hybridized carbons (Fsp3) is 0. The van der Waals surface area contributed by atoms with Crippen molar-refractivity contribution in [2.75, 3.05) is 0 Å². The summed E-state index contributed by atoms with van der Waals surface area (Å²) in [5, 5.41) is 11.5. The summed E-state index contributed by atoms with van der Waals surface area (Å²) in [6, 6.07) is 0. The molecule has 0 aromatic heterocycles. The molecular formula is C6I5O. The van der Waals surface area contributed by atoms with Gasteiger partial charge in [-0.15, -0.1) is 0 Å². The van der Waals surface area contributed by atoms with E-state index in [0.29, 0.717) is 0 Å². The third-order valence-corrected chi connectivity index (χ3v) is 10.6. The van der Waals surface area contributed by atoms with E-state index in [1.54, 1.807) is 0 Å². The molecule has 0 fully saturated rings. The predicted octanol–water partition coefficient (Wildman–Crippen LogP) is 4.85. The Morgan fingerprint density at radius 2 is 0.833 bits per heavy atom. The molecule has 1 aromatic rings. The van der Waals surface area contributed by atoms with Crippen molar-refractivity contribution in [2.45, 2.75) is 0 Å². The van der Waals surface area contributed by atoms with Crippen molar-refractivity contribution in [3.63, 3.8) is 0 Å². The molecule has 6 heteroatoms. The lowest BCUT2D eigenvalue weighted by atomic mass is 10.3. The third-order valence-electron chi connectivity index (χ3n) is 1.17. The molecule has 1 radical (unpaired) electrons. The minimum Gasteiger partial charge on any atom is -0.287 e. The van der Waals surface area contributed by atoms with Crippen molar-refractivity contribution < 1.29 is 5.11 Å². The van der Waals surface area contributed by atoms with Crippen molar-refractivity contribution >= 4 is 113 Å². The molecule has 0 aliphatic heterocycles. The van der Waals surface area contributed by atoms with E-state index in [4.69, 9.17) is 0 Å². The highest BCUT2D eigenvalue weighted by Crippen LogP contribution is 2.37. The second kappa shape index (κ2) is 5.14. The molecule has 0 spiro atoms. The predicted molar refractivity (Wildman–Crippen MR) is 90.2 cm³/mol. The lowest BCUT2D eigenvalue weighted by Gasteiger charge is -2.06. The fourth-order valence-corrected chi connectivity index (χ4v) is 5.30. The molecule has 0 unspecified atom stereocenters. The van der Waals surface area contributed by atoms with Crippen LogP contribution in [0.15, 0.2) is 0 Å². The first-order valence-electron chi connectivity index (χ1n) is 2.65. The molecule has 1 aromatic carbocycles. The molecule has 0 aliphatic rings. The average molecular weight is 723 g/mol.